The second-order valence-electron chi connectivity index (χ2n) is 7.45. The Morgan fingerprint density at radius 2 is 2.11 bits per heavy atom. The number of hydrogen-bond donors (Lipinski definition) is 0. The van der Waals surface area contributed by atoms with Crippen LogP contribution < -0.4 is 0 Å². The van der Waals surface area contributed by atoms with Crippen LogP contribution in [0.1, 0.15) is 65.2 Å². The van der Waals surface area contributed by atoms with E-state index in [1.807, 2.05) is 11.1 Å². The van der Waals surface area contributed by atoms with E-state index in [0.29, 0.717) is 5.54 Å². The van der Waals surface area contributed by atoms with Gasteiger partial charge in [-0.1, -0.05) is 18.9 Å². The van der Waals surface area contributed by atoms with Gasteiger partial charge in [-0.05, 0) is 44.6 Å². The molecule has 2 heterocycles. The Morgan fingerprint density at radius 3 is 2.89 bits per heavy atom. The first kappa shape index (κ1) is 12.7. The number of rotatable bonds is 2. The van der Waals surface area contributed by atoms with Gasteiger partial charge in [-0.3, -0.25) is 0 Å². The minimum Gasteiger partial charge on any atom is -0.317 e. The fraction of sp³-hybridized carbons (Fsp3) is 0.882. The predicted octanol–water partition coefficient (Wildman–Crippen LogP) is 4.29. The van der Waals surface area contributed by atoms with Crippen molar-refractivity contribution in [2.24, 2.45) is 5.92 Å². The number of likely N-dealkylation sites (N-methyl/N-ethyl adjacent to an activating group) is 1. The van der Waals surface area contributed by atoms with Crippen molar-refractivity contribution in [3.63, 3.8) is 0 Å². The summed E-state index contributed by atoms with van der Waals surface area (Å²) in [6.07, 6.45) is 11.4. The van der Waals surface area contributed by atoms with Gasteiger partial charge in [0.15, 0.2) is 0 Å². The summed E-state index contributed by atoms with van der Waals surface area (Å²) in [5.74, 6) is 0.997. The molecule has 3 rings (SSSR count). The Labute approximate surface area is 113 Å². The lowest BCUT2D eigenvalue weighted by atomic mass is 9.71. The van der Waals surface area contributed by atoms with Gasteiger partial charge in [-0.15, -0.1) is 0 Å². The third-order valence-corrected chi connectivity index (χ3v) is 6.48. The third kappa shape index (κ3) is 1.70. The molecule has 0 aromatic rings. The summed E-state index contributed by atoms with van der Waals surface area (Å²) in [5, 5.41) is 0. The molecule has 0 saturated carbocycles. The van der Waals surface area contributed by atoms with Gasteiger partial charge in [-0.2, -0.15) is 0 Å². The van der Waals surface area contributed by atoms with Crippen LogP contribution in [0.3, 0.4) is 0 Å². The lowest BCUT2D eigenvalue weighted by Crippen LogP contribution is -2.67. The summed E-state index contributed by atoms with van der Waals surface area (Å²) in [7, 11) is 2.56. The van der Waals surface area contributed by atoms with Crippen LogP contribution in [0.4, 0.5) is 0 Å². The predicted molar refractivity (Wildman–Crippen MR) is 77.4 cm³/mol. The van der Waals surface area contributed by atoms with Crippen molar-refractivity contribution < 1.29 is 4.48 Å². The van der Waals surface area contributed by atoms with Crippen LogP contribution in [0.15, 0.2) is 11.1 Å². The minimum absolute atomic E-state index is 0.508. The molecule has 0 aromatic heterocycles. The molecule has 2 aliphatic heterocycles. The maximum atomic E-state index is 2.59. The summed E-state index contributed by atoms with van der Waals surface area (Å²) in [6, 6.07) is 0. The van der Waals surface area contributed by atoms with Crippen LogP contribution in [0, 0.1) is 5.92 Å². The number of piperidine rings is 1. The van der Waals surface area contributed by atoms with Crippen molar-refractivity contribution in [2.75, 3.05) is 20.1 Å². The van der Waals surface area contributed by atoms with E-state index < -0.39 is 0 Å². The van der Waals surface area contributed by atoms with Crippen molar-refractivity contribution in [1.29, 1.82) is 0 Å². The fourth-order valence-electron chi connectivity index (χ4n) is 5.19. The van der Waals surface area contributed by atoms with E-state index in [1.54, 1.807) is 0 Å². The molecule has 1 heteroatoms. The lowest BCUT2D eigenvalue weighted by Gasteiger charge is -2.57. The smallest absolute Gasteiger partial charge is 0.118 e. The maximum absolute atomic E-state index is 2.59. The van der Waals surface area contributed by atoms with Crippen LogP contribution in [0.5, 0.6) is 0 Å². The number of fused-ring (bicyclic) bond motifs is 2. The van der Waals surface area contributed by atoms with Crippen LogP contribution in [0.25, 0.3) is 0 Å². The first-order valence-corrected chi connectivity index (χ1v) is 8.15. The standard InChI is InChI=1S/C17H30N/c1-4-6-14-9-11-17(2)16-8-5-7-15(16)10-12-18(17,3)13-14/h14H,4-13H2,1-3H3/q+1/t14?,17-,18?/m1/s1. The number of hydrogen-bond acceptors (Lipinski definition) is 0. The van der Waals surface area contributed by atoms with Crippen molar-refractivity contribution in [2.45, 2.75) is 70.8 Å². The van der Waals surface area contributed by atoms with Crippen LogP contribution in [0.2, 0.25) is 0 Å². The van der Waals surface area contributed by atoms with E-state index in [4.69, 9.17) is 0 Å². The molecule has 2 unspecified atom stereocenters. The normalized spacial score (nSPS) is 43.8. The molecule has 0 radical (unpaired) electrons. The second kappa shape index (κ2) is 4.37. The molecular weight excluding hydrogens is 218 g/mol. The first-order valence-electron chi connectivity index (χ1n) is 8.15. The zero-order valence-corrected chi connectivity index (χ0v) is 12.6. The molecule has 0 aromatic carbocycles. The Kier molecular flexibility index (Phi) is 3.09. The molecule has 1 nitrogen and oxygen atoms in total. The van der Waals surface area contributed by atoms with Crippen LogP contribution in [-0.2, 0) is 0 Å². The van der Waals surface area contributed by atoms with Crippen molar-refractivity contribution in [3.05, 3.63) is 11.1 Å². The molecule has 3 atom stereocenters. The van der Waals surface area contributed by atoms with Crippen LogP contribution in [-0.4, -0.2) is 30.2 Å². The molecule has 1 aliphatic carbocycles. The highest BCUT2D eigenvalue weighted by Gasteiger charge is 2.54. The fourth-order valence-corrected chi connectivity index (χ4v) is 5.19. The lowest BCUT2D eigenvalue weighted by molar-refractivity contribution is -0.961. The first-order chi connectivity index (χ1) is 8.59. The zero-order valence-electron chi connectivity index (χ0n) is 12.6. The van der Waals surface area contributed by atoms with E-state index in [2.05, 4.69) is 20.9 Å². The molecule has 18 heavy (non-hydrogen) atoms. The van der Waals surface area contributed by atoms with Crippen LogP contribution >= 0.6 is 0 Å². The average Bonchev–Trinajstić information content (AvgIpc) is 2.81. The minimum atomic E-state index is 0.508. The summed E-state index contributed by atoms with van der Waals surface area (Å²) in [5.41, 5.74) is 4.27. The summed E-state index contributed by atoms with van der Waals surface area (Å²) in [6.45, 7) is 7.80. The van der Waals surface area contributed by atoms with Gasteiger partial charge >= 0.3 is 0 Å². The van der Waals surface area contributed by atoms with Gasteiger partial charge in [-0.25, -0.2) is 0 Å². The van der Waals surface area contributed by atoms with E-state index in [0.717, 1.165) is 5.92 Å². The van der Waals surface area contributed by atoms with E-state index in [1.165, 1.54) is 68.9 Å². The van der Waals surface area contributed by atoms with Gasteiger partial charge < -0.3 is 4.48 Å². The average molecular weight is 248 g/mol. The molecule has 0 N–H and O–H groups in total. The maximum Gasteiger partial charge on any atom is 0.118 e. The molecule has 102 valence electrons. The molecule has 0 spiro atoms. The Balaban J connectivity index is 1.89. The second-order valence-corrected chi connectivity index (χ2v) is 7.45. The Hall–Kier alpha value is -0.300. The molecule has 0 amide bonds. The topological polar surface area (TPSA) is 0 Å². The SMILES string of the molecule is CCCC1CC[C@]2(C)C3=C(CCC3)CC[N+]2(C)C1. The van der Waals surface area contributed by atoms with E-state index in [9.17, 15) is 0 Å². The van der Waals surface area contributed by atoms with E-state index >= 15 is 0 Å². The van der Waals surface area contributed by atoms with Gasteiger partial charge in [0.25, 0.3) is 0 Å². The zero-order chi connectivity index (χ0) is 12.8. The van der Waals surface area contributed by atoms with Crippen molar-refractivity contribution in [1.82, 2.24) is 0 Å². The van der Waals surface area contributed by atoms with E-state index in [-0.39, 0.29) is 0 Å². The van der Waals surface area contributed by atoms with Crippen molar-refractivity contribution >= 4 is 0 Å². The molecular formula is C17H30N+. The molecule has 0 bridgehead atoms. The largest absolute Gasteiger partial charge is 0.317 e. The van der Waals surface area contributed by atoms with Gasteiger partial charge in [0, 0.05) is 18.8 Å². The Morgan fingerprint density at radius 1 is 1.28 bits per heavy atom. The molecule has 3 aliphatic rings. The summed E-state index contributed by atoms with van der Waals surface area (Å²) in [4.78, 5) is 0. The summed E-state index contributed by atoms with van der Waals surface area (Å²) >= 11 is 0. The third-order valence-electron chi connectivity index (χ3n) is 6.48. The monoisotopic (exact) mass is 248 g/mol. The highest BCUT2D eigenvalue weighted by atomic mass is 15.4. The van der Waals surface area contributed by atoms with Gasteiger partial charge in [0.2, 0.25) is 0 Å². The highest BCUT2D eigenvalue weighted by Crippen LogP contribution is 2.51. The quantitative estimate of drug-likeness (QED) is 0.505. The molecule has 1 fully saturated rings. The number of nitrogens with zero attached hydrogens (tertiary/aromatic N) is 1. The molecule has 1 saturated heterocycles. The number of quaternary nitrogens is 1. The summed E-state index contributed by atoms with van der Waals surface area (Å²) < 4.78 is 1.36. The van der Waals surface area contributed by atoms with Crippen molar-refractivity contribution in [3.8, 4) is 0 Å². The van der Waals surface area contributed by atoms with Gasteiger partial charge in [0.1, 0.15) is 5.54 Å². The highest BCUT2D eigenvalue weighted by molar-refractivity contribution is 5.30. The van der Waals surface area contributed by atoms with Gasteiger partial charge in [0.05, 0.1) is 20.1 Å². The Bertz CT molecular complexity index is 370.